The molecule has 0 aliphatic heterocycles. The van der Waals surface area contributed by atoms with Crippen LogP contribution >= 0.6 is 0 Å². The fraction of sp³-hybridized carbons (Fsp3) is 0.300. The van der Waals surface area contributed by atoms with Crippen molar-refractivity contribution in [1.29, 1.82) is 0 Å². The second-order valence-corrected chi connectivity index (χ2v) is 9.47. The topological polar surface area (TPSA) is 47.3 Å². The molecule has 0 unspecified atom stereocenters. The van der Waals surface area contributed by atoms with Crippen LogP contribution in [0.3, 0.4) is 0 Å². The van der Waals surface area contributed by atoms with Gasteiger partial charge in [0.1, 0.15) is 11.6 Å². The lowest BCUT2D eigenvalue weighted by atomic mass is 10.0. The number of imidazole rings is 1. The summed E-state index contributed by atoms with van der Waals surface area (Å²) in [7, 11) is 0. The zero-order chi connectivity index (χ0) is 22.9. The monoisotopic (exact) mass is 450 g/mol. The van der Waals surface area contributed by atoms with Crippen LogP contribution in [0.2, 0.25) is 0 Å². The number of aliphatic hydroxyl groups is 1. The third-order valence-corrected chi connectivity index (χ3v) is 7.01. The van der Waals surface area contributed by atoms with Crippen molar-refractivity contribution in [1.82, 2.24) is 9.55 Å². The van der Waals surface area contributed by atoms with Crippen LogP contribution in [0.5, 0.6) is 5.75 Å². The first-order chi connectivity index (χ1) is 16.8. The van der Waals surface area contributed by atoms with Crippen molar-refractivity contribution >= 4 is 0 Å². The van der Waals surface area contributed by atoms with E-state index in [1.165, 1.54) is 24.1 Å². The van der Waals surface area contributed by atoms with Crippen LogP contribution in [0.4, 0.5) is 0 Å². The third kappa shape index (κ3) is 4.03. The number of hydrogen-bond acceptors (Lipinski definition) is 3. The van der Waals surface area contributed by atoms with Gasteiger partial charge in [0.05, 0.1) is 24.1 Å². The van der Waals surface area contributed by atoms with Gasteiger partial charge in [0, 0.05) is 28.3 Å². The lowest BCUT2D eigenvalue weighted by Gasteiger charge is -2.17. The molecule has 4 nitrogen and oxygen atoms in total. The van der Waals surface area contributed by atoms with Crippen molar-refractivity contribution in [3.63, 3.8) is 0 Å². The molecule has 6 rings (SSSR count). The Kier molecular flexibility index (Phi) is 5.68. The van der Waals surface area contributed by atoms with E-state index in [1.54, 1.807) is 0 Å². The molecule has 2 fully saturated rings. The molecule has 2 saturated carbocycles. The Balaban J connectivity index is 1.53. The van der Waals surface area contributed by atoms with Gasteiger partial charge in [-0.05, 0) is 44.6 Å². The Morgan fingerprint density at radius 3 is 2.12 bits per heavy atom. The fourth-order valence-corrected chi connectivity index (χ4v) is 5.11. The number of benzene rings is 3. The molecule has 0 spiro atoms. The molecule has 0 bridgehead atoms. The summed E-state index contributed by atoms with van der Waals surface area (Å²) in [4.78, 5) is 5.26. The maximum Gasteiger partial charge on any atom is 0.141 e. The SMILES string of the molecule is OCc1ccc(-c2nc(-c3ccccc3)c(-c3ccccc3)n2C2CC2)cc1OC1CCCC1. The largest absolute Gasteiger partial charge is 0.490 e. The molecule has 2 aliphatic rings. The normalized spacial score (nSPS) is 16.1. The molecular formula is C30H30N2O2. The molecule has 4 aromatic rings. The van der Waals surface area contributed by atoms with E-state index in [-0.39, 0.29) is 12.7 Å². The minimum atomic E-state index is -0.0239. The number of ether oxygens (including phenoxy) is 1. The van der Waals surface area contributed by atoms with Gasteiger partial charge in [-0.2, -0.15) is 0 Å². The summed E-state index contributed by atoms with van der Waals surface area (Å²) in [5.41, 5.74) is 6.37. The maximum absolute atomic E-state index is 9.95. The van der Waals surface area contributed by atoms with Gasteiger partial charge in [0.25, 0.3) is 0 Å². The summed E-state index contributed by atoms with van der Waals surface area (Å²) in [5, 5.41) is 9.95. The van der Waals surface area contributed by atoms with Crippen LogP contribution in [0.25, 0.3) is 33.9 Å². The zero-order valence-electron chi connectivity index (χ0n) is 19.4. The first-order valence-corrected chi connectivity index (χ1v) is 12.5. The number of aliphatic hydroxyl groups excluding tert-OH is 1. The first kappa shape index (κ1) is 21.2. The van der Waals surface area contributed by atoms with Crippen LogP contribution < -0.4 is 4.74 Å². The predicted molar refractivity (Wildman–Crippen MR) is 136 cm³/mol. The van der Waals surface area contributed by atoms with Gasteiger partial charge in [-0.25, -0.2) is 4.98 Å². The summed E-state index contributed by atoms with van der Waals surface area (Å²) in [6, 6.07) is 27.7. The highest BCUT2D eigenvalue weighted by Gasteiger charge is 2.32. The van der Waals surface area contributed by atoms with Crippen LogP contribution in [0.1, 0.15) is 50.1 Å². The molecule has 3 aromatic carbocycles. The highest BCUT2D eigenvalue weighted by molar-refractivity contribution is 5.82. The molecule has 1 N–H and O–H groups in total. The minimum absolute atomic E-state index is 0.0239. The van der Waals surface area contributed by atoms with Gasteiger partial charge < -0.3 is 14.4 Å². The highest BCUT2D eigenvalue weighted by atomic mass is 16.5. The molecule has 0 atom stereocenters. The lowest BCUT2D eigenvalue weighted by Crippen LogP contribution is -2.12. The summed E-state index contributed by atoms with van der Waals surface area (Å²) in [6.45, 7) is -0.0239. The smallest absolute Gasteiger partial charge is 0.141 e. The van der Waals surface area contributed by atoms with Crippen molar-refractivity contribution in [3.8, 4) is 39.7 Å². The first-order valence-electron chi connectivity index (χ1n) is 12.5. The van der Waals surface area contributed by atoms with Gasteiger partial charge in [-0.15, -0.1) is 0 Å². The summed E-state index contributed by atoms with van der Waals surface area (Å²) >= 11 is 0. The number of nitrogens with zero attached hydrogens (tertiary/aromatic N) is 2. The van der Waals surface area contributed by atoms with E-state index in [0.29, 0.717) is 6.04 Å². The number of hydrogen-bond donors (Lipinski definition) is 1. The molecule has 0 saturated heterocycles. The van der Waals surface area contributed by atoms with Crippen LogP contribution in [0, 0.1) is 0 Å². The van der Waals surface area contributed by atoms with E-state index in [0.717, 1.165) is 59.6 Å². The highest BCUT2D eigenvalue weighted by Crippen LogP contribution is 2.46. The third-order valence-electron chi connectivity index (χ3n) is 7.01. The zero-order valence-corrected chi connectivity index (χ0v) is 19.4. The molecule has 34 heavy (non-hydrogen) atoms. The minimum Gasteiger partial charge on any atom is -0.490 e. The molecule has 172 valence electrons. The van der Waals surface area contributed by atoms with Crippen molar-refractivity contribution in [2.75, 3.05) is 0 Å². The van der Waals surface area contributed by atoms with E-state index < -0.39 is 0 Å². The van der Waals surface area contributed by atoms with Gasteiger partial charge in [-0.1, -0.05) is 72.8 Å². The van der Waals surface area contributed by atoms with E-state index in [1.807, 2.05) is 12.1 Å². The average Bonchev–Trinajstić information content (AvgIpc) is 3.45. The molecule has 1 aromatic heterocycles. The van der Waals surface area contributed by atoms with Crippen LogP contribution in [-0.2, 0) is 6.61 Å². The Bertz CT molecular complexity index is 1270. The molecule has 2 aliphatic carbocycles. The Morgan fingerprint density at radius 2 is 1.47 bits per heavy atom. The molecule has 0 amide bonds. The van der Waals surface area contributed by atoms with Crippen molar-refractivity contribution in [2.45, 2.75) is 57.3 Å². The second kappa shape index (κ2) is 9.11. The lowest BCUT2D eigenvalue weighted by molar-refractivity contribution is 0.199. The number of rotatable bonds is 7. The van der Waals surface area contributed by atoms with Crippen LogP contribution in [-0.4, -0.2) is 20.8 Å². The van der Waals surface area contributed by atoms with E-state index in [4.69, 9.17) is 9.72 Å². The Hall–Kier alpha value is -3.37. The van der Waals surface area contributed by atoms with Crippen LogP contribution in [0.15, 0.2) is 78.9 Å². The molecule has 4 heteroatoms. The summed E-state index contributed by atoms with van der Waals surface area (Å²) < 4.78 is 8.82. The predicted octanol–water partition coefficient (Wildman–Crippen LogP) is 7.03. The average molecular weight is 451 g/mol. The second-order valence-electron chi connectivity index (χ2n) is 9.47. The molecule has 0 radical (unpaired) electrons. The van der Waals surface area contributed by atoms with Gasteiger partial charge in [-0.3, -0.25) is 0 Å². The van der Waals surface area contributed by atoms with E-state index >= 15 is 0 Å². The Labute approximate surface area is 200 Å². The number of aromatic nitrogens is 2. The van der Waals surface area contributed by atoms with Gasteiger partial charge >= 0.3 is 0 Å². The fourth-order valence-electron chi connectivity index (χ4n) is 5.11. The van der Waals surface area contributed by atoms with Crippen molar-refractivity contribution in [3.05, 3.63) is 84.4 Å². The summed E-state index contributed by atoms with van der Waals surface area (Å²) in [6.07, 6.45) is 7.17. The Morgan fingerprint density at radius 1 is 0.794 bits per heavy atom. The molecular weight excluding hydrogens is 420 g/mol. The van der Waals surface area contributed by atoms with Gasteiger partial charge in [0.15, 0.2) is 0 Å². The standard InChI is InChI=1S/C30H30N2O2/c33-20-24-16-15-23(19-27(24)34-26-13-7-8-14-26)30-31-28(21-9-3-1-4-10-21)29(32(30)25-17-18-25)22-11-5-2-6-12-22/h1-6,9-12,15-16,19,25-26,33H,7-8,13-14,17-18,20H2. The van der Waals surface area contributed by atoms with Gasteiger partial charge in [0.2, 0.25) is 0 Å². The maximum atomic E-state index is 9.95. The van der Waals surface area contributed by atoms with Crippen molar-refractivity contribution < 1.29 is 9.84 Å². The van der Waals surface area contributed by atoms with Crippen molar-refractivity contribution in [2.24, 2.45) is 0 Å². The quantitative estimate of drug-likeness (QED) is 0.329. The van der Waals surface area contributed by atoms with E-state index in [9.17, 15) is 5.11 Å². The van der Waals surface area contributed by atoms with E-state index in [2.05, 4.69) is 71.3 Å². The summed E-state index contributed by atoms with van der Waals surface area (Å²) in [5.74, 6) is 1.76. The molecule has 1 heterocycles.